The van der Waals surface area contributed by atoms with Gasteiger partial charge in [0.25, 0.3) is 0 Å². The van der Waals surface area contributed by atoms with Crippen molar-refractivity contribution in [2.45, 2.75) is 19.8 Å². The van der Waals surface area contributed by atoms with E-state index in [1.54, 1.807) is 42.5 Å². The highest BCUT2D eigenvalue weighted by atomic mass is 35.5. The number of esters is 1. The summed E-state index contributed by atoms with van der Waals surface area (Å²) in [6, 6.07) is 13.8. The molecule has 0 aliphatic carbocycles. The monoisotopic (exact) mass is 304 g/mol. The van der Waals surface area contributed by atoms with Gasteiger partial charge < -0.3 is 9.47 Å². The van der Waals surface area contributed by atoms with Gasteiger partial charge in [0.2, 0.25) is 0 Å². The van der Waals surface area contributed by atoms with Crippen LogP contribution in [0.4, 0.5) is 0 Å². The molecule has 0 unspecified atom stereocenters. The van der Waals surface area contributed by atoms with E-state index < -0.39 is 5.97 Å². The van der Waals surface area contributed by atoms with Gasteiger partial charge in [0, 0.05) is 0 Å². The van der Waals surface area contributed by atoms with Crippen LogP contribution < -0.4 is 9.47 Å². The van der Waals surface area contributed by atoms with Crippen LogP contribution in [0.1, 0.15) is 30.1 Å². The SMILES string of the molecule is CCCCOc1cccc(C(=O)Oc2ccccc2Cl)c1. The van der Waals surface area contributed by atoms with Crippen LogP contribution in [0.3, 0.4) is 0 Å². The zero-order chi connectivity index (χ0) is 15.1. The van der Waals surface area contributed by atoms with Crippen LogP contribution in [-0.2, 0) is 0 Å². The molecule has 0 amide bonds. The van der Waals surface area contributed by atoms with Crippen LogP contribution in [0, 0.1) is 0 Å². The molecule has 0 fully saturated rings. The number of hydrogen-bond acceptors (Lipinski definition) is 3. The Morgan fingerprint density at radius 1 is 1.14 bits per heavy atom. The standard InChI is InChI=1S/C17H17ClO3/c1-2-3-11-20-14-8-6-7-13(12-14)17(19)21-16-10-5-4-9-15(16)18/h4-10,12H,2-3,11H2,1H3. The fourth-order valence-corrected chi connectivity index (χ4v) is 1.91. The second kappa shape index (κ2) is 7.70. The van der Waals surface area contributed by atoms with E-state index in [1.165, 1.54) is 0 Å². The molecule has 0 N–H and O–H groups in total. The smallest absolute Gasteiger partial charge is 0.343 e. The molecule has 0 aliphatic heterocycles. The van der Waals surface area contributed by atoms with Gasteiger partial charge in [-0.1, -0.05) is 43.1 Å². The van der Waals surface area contributed by atoms with Gasteiger partial charge in [-0.05, 0) is 36.8 Å². The average Bonchev–Trinajstić information content (AvgIpc) is 2.50. The second-order valence-corrected chi connectivity index (χ2v) is 4.96. The van der Waals surface area contributed by atoms with E-state index in [-0.39, 0.29) is 0 Å². The van der Waals surface area contributed by atoms with E-state index >= 15 is 0 Å². The average molecular weight is 305 g/mol. The summed E-state index contributed by atoms with van der Waals surface area (Å²) in [6.45, 7) is 2.74. The highest BCUT2D eigenvalue weighted by Crippen LogP contribution is 2.24. The van der Waals surface area contributed by atoms with Gasteiger partial charge in [0.15, 0.2) is 0 Å². The van der Waals surface area contributed by atoms with E-state index in [9.17, 15) is 4.79 Å². The van der Waals surface area contributed by atoms with Crippen LogP contribution in [0.15, 0.2) is 48.5 Å². The Morgan fingerprint density at radius 3 is 2.71 bits per heavy atom. The number of unbranched alkanes of at least 4 members (excludes halogenated alkanes) is 1. The molecule has 0 atom stereocenters. The third-order valence-electron chi connectivity index (χ3n) is 2.88. The number of hydrogen-bond donors (Lipinski definition) is 0. The molecule has 0 bridgehead atoms. The number of ether oxygens (including phenoxy) is 2. The summed E-state index contributed by atoms with van der Waals surface area (Å²) in [6.07, 6.45) is 2.04. The van der Waals surface area contributed by atoms with Crippen LogP contribution >= 0.6 is 11.6 Å². The van der Waals surface area contributed by atoms with Gasteiger partial charge >= 0.3 is 5.97 Å². The number of rotatable bonds is 6. The number of para-hydroxylation sites is 1. The Balaban J connectivity index is 2.05. The lowest BCUT2D eigenvalue weighted by Crippen LogP contribution is -2.09. The second-order valence-electron chi connectivity index (χ2n) is 4.55. The molecule has 0 aromatic heterocycles. The normalized spacial score (nSPS) is 10.2. The molecule has 2 rings (SSSR count). The predicted octanol–water partition coefficient (Wildman–Crippen LogP) is 4.74. The molecule has 2 aromatic rings. The maximum absolute atomic E-state index is 12.1. The largest absolute Gasteiger partial charge is 0.494 e. The summed E-state index contributed by atoms with van der Waals surface area (Å²) >= 11 is 5.97. The quantitative estimate of drug-likeness (QED) is 0.439. The molecule has 0 spiro atoms. The van der Waals surface area contributed by atoms with E-state index in [0.29, 0.717) is 28.7 Å². The predicted molar refractivity (Wildman–Crippen MR) is 83.3 cm³/mol. The summed E-state index contributed by atoms with van der Waals surface area (Å²) < 4.78 is 10.9. The van der Waals surface area contributed by atoms with E-state index in [0.717, 1.165) is 12.8 Å². The van der Waals surface area contributed by atoms with Gasteiger partial charge in [-0.2, -0.15) is 0 Å². The first-order chi connectivity index (χ1) is 10.2. The summed E-state index contributed by atoms with van der Waals surface area (Å²) in [7, 11) is 0. The fourth-order valence-electron chi connectivity index (χ4n) is 1.73. The molecule has 0 saturated heterocycles. The zero-order valence-electron chi connectivity index (χ0n) is 11.8. The summed E-state index contributed by atoms with van der Waals surface area (Å²) in [4.78, 5) is 12.1. The molecule has 0 heterocycles. The minimum Gasteiger partial charge on any atom is -0.494 e. The first-order valence-electron chi connectivity index (χ1n) is 6.90. The van der Waals surface area contributed by atoms with Crippen LogP contribution in [0.25, 0.3) is 0 Å². The summed E-state index contributed by atoms with van der Waals surface area (Å²) in [5.74, 6) is 0.558. The summed E-state index contributed by atoms with van der Waals surface area (Å²) in [5.41, 5.74) is 0.434. The highest BCUT2D eigenvalue weighted by molar-refractivity contribution is 6.32. The third-order valence-corrected chi connectivity index (χ3v) is 3.19. The first-order valence-corrected chi connectivity index (χ1v) is 7.28. The van der Waals surface area contributed by atoms with E-state index in [2.05, 4.69) is 6.92 Å². The van der Waals surface area contributed by atoms with Gasteiger partial charge in [-0.25, -0.2) is 4.79 Å². The molecule has 4 heteroatoms. The number of carbonyl (C=O) groups excluding carboxylic acids is 1. The van der Waals surface area contributed by atoms with Crippen molar-refractivity contribution in [1.29, 1.82) is 0 Å². The van der Waals surface area contributed by atoms with Crippen LogP contribution in [-0.4, -0.2) is 12.6 Å². The number of halogens is 1. The van der Waals surface area contributed by atoms with Crippen molar-refractivity contribution < 1.29 is 14.3 Å². The lowest BCUT2D eigenvalue weighted by atomic mass is 10.2. The van der Waals surface area contributed by atoms with Crippen molar-refractivity contribution in [3.05, 3.63) is 59.1 Å². The van der Waals surface area contributed by atoms with Crippen molar-refractivity contribution in [2.75, 3.05) is 6.61 Å². The van der Waals surface area contributed by atoms with Crippen molar-refractivity contribution in [3.8, 4) is 11.5 Å². The van der Waals surface area contributed by atoms with Gasteiger partial charge in [0.05, 0.1) is 17.2 Å². The minimum absolute atomic E-state index is 0.349. The molecular weight excluding hydrogens is 288 g/mol. The first kappa shape index (κ1) is 15.4. The Hall–Kier alpha value is -2.00. The zero-order valence-corrected chi connectivity index (χ0v) is 12.6. The Morgan fingerprint density at radius 2 is 1.95 bits per heavy atom. The van der Waals surface area contributed by atoms with E-state index in [4.69, 9.17) is 21.1 Å². The molecule has 0 radical (unpaired) electrons. The molecule has 110 valence electrons. The van der Waals surface area contributed by atoms with Gasteiger partial charge in [-0.3, -0.25) is 0 Å². The topological polar surface area (TPSA) is 35.5 Å². The molecule has 21 heavy (non-hydrogen) atoms. The van der Waals surface area contributed by atoms with E-state index in [1.807, 2.05) is 6.07 Å². The highest BCUT2D eigenvalue weighted by Gasteiger charge is 2.11. The van der Waals surface area contributed by atoms with Gasteiger partial charge in [-0.15, -0.1) is 0 Å². The Kier molecular flexibility index (Phi) is 5.64. The molecule has 3 nitrogen and oxygen atoms in total. The summed E-state index contributed by atoms with van der Waals surface area (Å²) in [5, 5.41) is 0.404. The number of carbonyl (C=O) groups is 1. The molecule has 0 saturated carbocycles. The molecule has 0 aliphatic rings. The number of benzene rings is 2. The fraction of sp³-hybridized carbons (Fsp3) is 0.235. The van der Waals surface area contributed by atoms with Crippen molar-refractivity contribution in [3.63, 3.8) is 0 Å². The maximum atomic E-state index is 12.1. The molecular formula is C17H17ClO3. The lowest BCUT2D eigenvalue weighted by molar-refractivity contribution is 0.0734. The van der Waals surface area contributed by atoms with Gasteiger partial charge in [0.1, 0.15) is 11.5 Å². The minimum atomic E-state index is -0.455. The van der Waals surface area contributed by atoms with Crippen LogP contribution in [0.2, 0.25) is 5.02 Å². The third kappa shape index (κ3) is 4.50. The molecule has 2 aromatic carbocycles. The Labute approximate surface area is 129 Å². The Bertz CT molecular complexity index is 610. The van der Waals surface area contributed by atoms with Crippen molar-refractivity contribution in [2.24, 2.45) is 0 Å². The van der Waals surface area contributed by atoms with Crippen LogP contribution in [0.5, 0.6) is 11.5 Å². The van der Waals surface area contributed by atoms with Crippen molar-refractivity contribution >= 4 is 17.6 Å². The van der Waals surface area contributed by atoms with Crippen molar-refractivity contribution in [1.82, 2.24) is 0 Å². The maximum Gasteiger partial charge on any atom is 0.343 e. The lowest BCUT2D eigenvalue weighted by Gasteiger charge is -2.08.